The van der Waals surface area contributed by atoms with E-state index in [1.54, 1.807) is 35.5 Å². The van der Waals surface area contributed by atoms with Gasteiger partial charge in [-0.15, -0.1) is 0 Å². The Hall–Kier alpha value is -4.85. The summed E-state index contributed by atoms with van der Waals surface area (Å²) in [6, 6.07) is 8.65. The minimum Gasteiger partial charge on any atom is -0.444 e. The van der Waals surface area contributed by atoms with Crippen LogP contribution < -0.4 is 15.5 Å². The number of hydrogen-bond donors (Lipinski definition) is 2. The van der Waals surface area contributed by atoms with Crippen LogP contribution in [0, 0.1) is 0 Å². The predicted molar refractivity (Wildman–Crippen MR) is 165 cm³/mol. The zero-order valence-corrected chi connectivity index (χ0v) is 25.1. The molecule has 14 heteroatoms. The molecule has 4 aromatic rings. The van der Waals surface area contributed by atoms with Crippen LogP contribution in [0.1, 0.15) is 39.7 Å². The quantitative estimate of drug-likeness (QED) is 0.338. The highest BCUT2D eigenvalue weighted by molar-refractivity contribution is 5.98. The molecule has 2 saturated heterocycles. The molecule has 3 amide bonds. The molecule has 6 rings (SSSR count). The summed E-state index contributed by atoms with van der Waals surface area (Å²) < 4.78 is 13.1. The van der Waals surface area contributed by atoms with E-state index in [1.807, 2.05) is 43.8 Å². The Morgan fingerprint density at radius 2 is 1.66 bits per heavy atom. The summed E-state index contributed by atoms with van der Waals surface area (Å²) in [4.78, 5) is 47.0. The highest BCUT2D eigenvalue weighted by Crippen LogP contribution is 2.32. The topological polar surface area (TPSA) is 153 Å². The molecule has 14 nitrogen and oxygen atoms in total. The van der Waals surface area contributed by atoms with Crippen LogP contribution in [0.3, 0.4) is 0 Å². The Kier molecular flexibility index (Phi) is 8.24. The minimum atomic E-state index is -0.535. The van der Waals surface area contributed by atoms with Gasteiger partial charge >= 0.3 is 12.1 Å². The lowest BCUT2D eigenvalue weighted by Gasteiger charge is -2.33. The van der Waals surface area contributed by atoms with E-state index in [1.165, 1.54) is 0 Å². The van der Waals surface area contributed by atoms with Crippen LogP contribution in [-0.4, -0.2) is 91.7 Å². The van der Waals surface area contributed by atoms with Gasteiger partial charge in [0, 0.05) is 49.8 Å². The molecule has 230 valence electrons. The molecule has 44 heavy (non-hydrogen) atoms. The number of hydrogen-bond acceptors (Lipinski definition) is 10. The molecule has 0 atom stereocenters. The number of ether oxygens (including phenoxy) is 2. The summed E-state index contributed by atoms with van der Waals surface area (Å²) in [5, 5.41) is 11.0. The number of carbonyl (C=O) groups excluding carboxylic acids is 2. The second-order valence-electron chi connectivity index (χ2n) is 11.7. The standard InChI is InChI=1S/C30H36N10O4/c1-30(2,3)44-29(42)39-13-9-22(10-14-39)40-26-23(19-33-40)25(38-15-17-43-18-16-38)35-24(36-26)20-5-7-21(8-6-20)34-28(41)37-27-31-11-4-12-32-27/h4-8,11-12,19,22H,9-10,13-18H2,1-3H3,(H2,31,32,34,37,41). The number of carbonyl (C=O) groups is 2. The van der Waals surface area contributed by atoms with Gasteiger partial charge in [0.1, 0.15) is 11.4 Å². The zero-order chi connectivity index (χ0) is 30.7. The van der Waals surface area contributed by atoms with Crippen molar-refractivity contribution >= 4 is 40.6 Å². The highest BCUT2D eigenvalue weighted by atomic mass is 16.6. The number of benzene rings is 1. The van der Waals surface area contributed by atoms with Crippen LogP contribution in [0.25, 0.3) is 22.4 Å². The monoisotopic (exact) mass is 600 g/mol. The number of piperidine rings is 1. The van der Waals surface area contributed by atoms with Gasteiger partial charge in [-0.1, -0.05) is 0 Å². The average molecular weight is 601 g/mol. The number of likely N-dealkylation sites (tertiary alicyclic amines) is 1. The third kappa shape index (κ3) is 6.70. The number of anilines is 3. The number of nitrogens with one attached hydrogen (secondary N) is 2. The van der Waals surface area contributed by atoms with Gasteiger partial charge in [-0.25, -0.2) is 34.2 Å². The van der Waals surface area contributed by atoms with Crippen molar-refractivity contribution in [1.82, 2.24) is 34.6 Å². The summed E-state index contributed by atoms with van der Waals surface area (Å²) in [5.74, 6) is 1.59. The van der Waals surface area contributed by atoms with Crippen molar-refractivity contribution in [1.29, 1.82) is 0 Å². The van der Waals surface area contributed by atoms with E-state index < -0.39 is 11.6 Å². The van der Waals surface area contributed by atoms with E-state index >= 15 is 0 Å². The van der Waals surface area contributed by atoms with E-state index in [4.69, 9.17) is 24.5 Å². The van der Waals surface area contributed by atoms with Gasteiger partial charge in [-0.05, 0) is 63.9 Å². The first-order valence-electron chi connectivity index (χ1n) is 14.7. The van der Waals surface area contributed by atoms with Crippen molar-refractivity contribution in [2.24, 2.45) is 0 Å². The highest BCUT2D eigenvalue weighted by Gasteiger charge is 2.30. The van der Waals surface area contributed by atoms with E-state index in [0.29, 0.717) is 50.9 Å². The van der Waals surface area contributed by atoms with Crippen molar-refractivity contribution < 1.29 is 19.1 Å². The van der Waals surface area contributed by atoms with E-state index in [2.05, 4.69) is 25.5 Å². The Balaban J connectivity index is 1.24. The normalized spacial score (nSPS) is 16.2. The molecule has 0 aliphatic carbocycles. The Bertz CT molecular complexity index is 1610. The Morgan fingerprint density at radius 3 is 2.34 bits per heavy atom. The van der Waals surface area contributed by atoms with Gasteiger partial charge in [0.2, 0.25) is 5.95 Å². The maximum absolute atomic E-state index is 12.6. The molecular formula is C30H36N10O4. The third-order valence-corrected chi connectivity index (χ3v) is 7.40. The average Bonchev–Trinajstić information content (AvgIpc) is 3.45. The molecule has 2 aliphatic heterocycles. The van der Waals surface area contributed by atoms with Crippen molar-refractivity contribution in [3.63, 3.8) is 0 Å². The van der Waals surface area contributed by atoms with Gasteiger partial charge in [0.05, 0.1) is 30.8 Å². The molecule has 3 aromatic heterocycles. The van der Waals surface area contributed by atoms with Gasteiger partial charge in [0.25, 0.3) is 0 Å². The lowest BCUT2D eigenvalue weighted by atomic mass is 10.1. The molecule has 0 spiro atoms. The largest absolute Gasteiger partial charge is 0.444 e. The summed E-state index contributed by atoms with van der Waals surface area (Å²) >= 11 is 0. The first-order chi connectivity index (χ1) is 21.2. The maximum Gasteiger partial charge on any atom is 0.410 e. The van der Waals surface area contributed by atoms with Crippen molar-refractivity contribution in [2.45, 2.75) is 45.3 Å². The fourth-order valence-electron chi connectivity index (χ4n) is 5.27. The number of rotatable bonds is 5. The Labute approximate surface area is 254 Å². The van der Waals surface area contributed by atoms with Gasteiger partial charge in [-0.3, -0.25) is 5.32 Å². The summed E-state index contributed by atoms with van der Waals surface area (Å²) in [5.41, 5.74) is 1.61. The molecule has 2 N–H and O–H groups in total. The molecular weight excluding hydrogens is 564 g/mol. The smallest absolute Gasteiger partial charge is 0.410 e. The molecule has 0 unspecified atom stereocenters. The lowest BCUT2D eigenvalue weighted by molar-refractivity contribution is 0.0186. The molecule has 5 heterocycles. The SMILES string of the molecule is CC(C)(C)OC(=O)N1CCC(n2ncc3c(N4CCOCC4)nc(-c4ccc(NC(=O)Nc5ncccn5)cc4)nc32)CC1. The fraction of sp³-hybridized carbons (Fsp3) is 0.433. The molecule has 0 bridgehead atoms. The van der Waals surface area contributed by atoms with Gasteiger partial charge in [-0.2, -0.15) is 5.10 Å². The number of amides is 3. The summed E-state index contributed by atoms with van der Waals surface area (Å²) in [6.07, 6.45) is 6.13. The van der Waals surface area contributed by atoms with Crippen LogP contribution in [0.2, 0.25) is 0 Å². The molecule has 2 aliphatic rings. The van der Waals surface area contributed by atoms with E-state index in [0.717, 1.165) is 35.3 Å². The van der Waals surface area contributed by atoms with Crippen LogP contribution in [-0.2, 0) is 9.47 Å². The van der Waals surface area contributed by atoms with Gasteiger partial charge in [0.15, 0.2) is 11.5 Å². The number of nitrogens with zero attached hydrogens (tertiary/aromatic N) is 8. The second-order valence-corrected chi connectivity index (χ2v) is 11.7. The second kappa shape index (κ2) is 12.4. The third-order valence-electron chi connectivity index (χ3n) is 7.40. The number of aromatic nitrogens is 6. The lowest BCUT2D eigenvalue weighted by Crippen LogP contribution is -2.42. The van der Waals surface area contributed by atoms with Crippen molar-refractivity contribution in [2.75, 3.05) is 54.9 Å². The van der Waals surface area contributed by atoms with Crippen LogP contribution in [0.5, 0.6) is 0 Å². The number of urea groups is 1. The first kappa shape index (κ1) is 29.2. The number of fused-ring (bicyclic) bond motifs is 1. The molecule has 1 aromatic carbocycles. The van der Waals surface area contributed by atoms with E-state index in [9.17, 15) is 9.59 Å². The fourth-order valence-corrected chi connectivity index (χ4v) is 5.27. The van der Waals surface area contributed by atoms with Gasteiger partial charge < -0.3 is 24.6 Å². The summed E-state index contributed by atoms with van der Waals surface area (Å²) in [6.45, 7) is 9.45. The summed E-state index contributed by atoms with van der Waals surface area (Å²) in [7, 11) is 0. The molecule has 0 saturated carbocycles. The van der Waals surface area contributed by atoms with Crippen LogP contribution in [0.4, 0.5) is 27.0 Å². The van der Waals surface area contributed by atoms with Crippen molar-refractivity contribution in [3.8, 4) is 11.4 Å². The predicted octanol–water partition coefficient (Wildman–Crippen LogP) is 4.34. The van der Waals surface area contributed by atoms with Crippen LogP contribution in [0.15, 0.2) is 48.9 Å². The minimum absolute atomic E-state index is 0.0742. The Morgan fingerprint density at radius 1 is 0.955 bits per heavy atom. The number of morpholine rings is 1. The first-order valence-corrected chi connectivity index (χ1v) is 14.7. The zero-order valence-electron chi connectivity index (χ0n) is 25.1. The van der Waals surface area contributed by atoms with Crippen molar-refractivity contribution in [3.05, 3.63) is 48.9 Å². The molecule has 0 radical (unpaired) electrons. The van der Waals surface area contributed by atoms with E-state index in [-0.39, 0.29) is 18.1 Å². The molecule has 2 fully saturated rings. The van der Waals surface area contributed by atoms with Crippen LogP contribution >= 0.6 is 0 Å². The maximum atomic E-state index is 12.6.